The quantitative estimate of drug-likeness (QED) is 0.510. The van der Waals surface area contributed by atoms with Crippen LogP contribution in [0.3, 0.4) is 0 Å². The van der Waals surface area contributed by atoms with Crippen LogP contribution < -0.4 is 10.9 Å². The number of rotatable bonds is 4. The SMILES string of the molecule is CCOC(=O)/C(C#N)=C/Nc1cc2c(oc1=O)CCCC2=O. The van der Waals surface area contributed by atoms with E-state index in [9.17, 15) is 14.4 Å². The van der Waals surface area contributed by atoms with Crippen molar-refractivity contribution in [1.82, 2.24) is 0 Å². The van der Waals surface area contributed by atoms with Gasteiger partial charge in [-0.05, 0) is 19.4 Å². The molecular weight excluding hydrogens is 288 g/mol. The fourth-order valence-corrected chi connectivity index (χ4v) is 2.07. The minimum Gasteiger partial charge on any atom is -0.462 e. The Bertz CT molecular complexity index is 739. The Morgan fingerprint density at radius 3 is 2.95 bits per heavy atom. The van der Waals surface area contributed by atoms with E-state index >= 15 is 0 Å². The van der Waals surface area contributed by atoms with E-state index in [1.165, 1.54) is 6.07 Å². The molecule has 0 aliphatic heterocycles. The number of hydrogen-bond donors (Lipinski definition) is 1. The molecule has 0 atom stereocenters. The Hall–Kier alpha value is -2.88. The summed E-state index contributed by atoms with van der Waals surface area (Å²) in [6, 6.07) is 3.06. The predicted octanol–water partition coefficient (Wildman–Crippen LogP) is 1.54. The number of ether oxygens (including phenoxy) is 1. The highest BCUT2D eigenvalue weighted by Crippen LogP contribution is 2.22. The number of fused-ring (bicyclic) bond motifs is 1. The Morgan fingerprint density at radius 1 is 1.50 bits per heavy atom. The van der Waals surface area contributed by atoms with Gasteiger partial charge in [-0.25, -0.2) is 9.59 Å². The summed E-state index contributed by atoms with van der Waals surface area (Å²) in [4.78, 5) is 35.1. The lowest BCUT2D eigenvalue weighted by atomic mass is 9.96. The van der Waals surface area contributed by atoms with Crippen LogP contribution in [0.15, 0.2) is 27.1 Å². The number of nitrogens with zero attached hydrogens (tertiary/aromatic N) is 1. The van der Waals surface area contributed by atoms with Crippen LogP contribution in [0.1, 0.15) is 35.9 Å². The number of Topliss-reactive ketones (excluding diaryl/α,β-unsaturated/α-hetero) is 1. The van der Waals surface area contributed by atoms with Crippen LogP contribution in [0.25, 0.3) is 0 Å². The van der Waals surface area contributed by atoms with Gasteiger partial charge in [-0.15, -0.1) is 0 Å². The Labute approximate surface area is 126 Å². The van der Waals surface area contributed by atoms with Gasteiger partial charge in [0.05, 0.1) is 12.2 Å². The number of carbonyl (C=O) groups is 2. The van der Waals surface area contributed by atoms with Gasteiger partial charge in [0, 0.05) is 19.0 Å². The van der Waals surface area contributed by atoms with Gasteiger partial charge in [0.15, 0.2) is 11.4 Å². The fourth-order valence-electron chi connectivity index (χ4n) is 2.07. The summed E-state index contributed by atoms with van der Waals surface area (Å²) >= 11 is 0. The van der Waals surface area contributed by atoms with E-state index in [0.717, 1.165) is 6.20 Å². The lowest BCUT2D eigenvalue weighted by Crippen LogP contribution is -2.17. The van der Waals surface area contributed by atoms with E-state index in [-0.39, 0.29) is 23.7 Å². The zero-order valence-corrected chi connectivity index (χ0v) is 12.0. The van der Waals surface area contributed by atoms with E-state index in [1.807, 2.05) is 0 Å². The standard InChI is InChI=1S/C15H14N2O5/c1-2-21-14(19)9(7-16)8-17-11-6-10-12(18)4-3-5-13(10)22-15(11)20/h6,8,17H,2-5H2,1H3/b9-8+. The normalized spacial score (nSPS) is 14.0. The van der Waals surface area contributed by atoms with Gasteiger partial charge in [0.2, 0.25) is 0 Å². The summed E-state index contributed by atoms with van der Waals surface area (Å²) in [5.74, 6) is -0.513. The molecule has 0 radical (unpaired) electrons. The van der Waals surface area contributed by atoms with Gasteiger partial charge in [0.1, 0.15) is 17.5 Å². The maximum atomic E-state index is 11.8. The fraction of sp³-hybridized carbons (Fsp3) is 0.333. The average molecular weight is 302 g/mol. The molecule has 1 aromatic heterocycles. The number of ketones is 1. The van der Waals surface area contributed by atoms with Crippen molar-refractivity contribution in [2.45, 2.75) is 26.2 Å². The second kappa shape index (κ2) is 6.72. The zero-order valence-electron chi connectivity index (χ0n) is 12.0. The molecule has 1 N–H and O–H groups in total. The minimum atomic E-state index is -0.795. The molecule has 0 amide bonds. The second-order valence-corrected chi connectivity index (χ2v) is 4.60. The van der Waals surface area contributed by atoms with Crippen molar-refractivity contribution in [2.24, 2.45) is 0 Å². The Kier molecular flexibility index (Phi) is 4.73. The summed E-state index contributed by atoms with van der Waals surface area (Å²) in [6.07, 6.45) is 2.66. The van der Waals surface area contributed by atoms with Crippen LogP contribution in [0, 0.1) is 11.3 Å². The highest BCUT2D eigenvalue weighted by Gasteiger charge is 2.21. The largest absolute Gasteiger partial charge is 0.462 e. The molecule has 7 nitrogen and oxygen atoms in total. The molecule has 22 heavy (non-hydrogen) atoms. The molecule has 0 saturated carbocycles. The number of esters is 1. The first-order chi connectivity index (χ1) is 10.6. The zero-order chi connectivity index (χ0) is 16.1. The van der Waals surface area contributed by atoms with Gasteiger partial charge < -0.3 is 14.5 Å². The molecule has 7 heteroatoms. The molecule has 2 rings (SSSR count). The molecule has 0 unspecified atom stereocenters. The van der Waals surface area contributed by atoms with Crippen molar-refractivity contribution in [2.75, 3.05) is 11.9 Å². The summed E-state index contributed by atoms with van der Waals surface area (Å²) in [7, 11) is 0. The summed E-state index contributed by atoms with van der Waals surface area (Å²) in [6.45, 7) is 1.75. The van der Waals surface area contributed by atoms with Gasteiger partial charge in [-0.2, -0.15) is 5.26 Å². The maximum absolute atomic E-state index is 11.8. The van der Waals surface area contributed by atoms with Crippen molar-refractivity contribution in [3.8, 4) is 6.07 Å². The summed E-state index contributed by atoms with van der Waals surface area (Å²) < 4.78 is 9.80. The first kappa shape index (κ1) is 15.5. The van der Waals surface area contributed by atoms with Gasteiger partial charge in [-0.3, -0.25) is 4.79 Å². The van der Waals surface area contributed by atoms with Crippen molar-refractivity contribution in [3.05, 3.63) is 39.6 Å². The van der Waals surface area contributed by atoms with E-state index in [1.54, 1.807) is 13.0 Å². The molecule has 0 fully saturated rings. The smallest absolute Gasteiger partial charge is 0.359 e. The molecule has 0 spiro atoms. The number of nitriles is 1. The lowest BCUT2D eigenvalue weighted by Gasteiger charge is -2.13. The van der Waals surface area contributed by atoms with E-state index in [2.05, 4.69) is 5.32 Å². The molecule has 1 aromatic rings. The van der Waals surface area contributed by atoms with Gasteiger partial charge in [-0.1, -0.05) is 0 Å². The van der Waals surface area contributed by atoms with Crippen LogP contribution in [0.5, 0.6) is 0 Å². The molecule has 0 saturated heterocycles. The van der Waals surface area contributed by atoms with Crippen LogP contribution in [0.2, 0.25) is 0 Å². The molecule has 1 aliphatic carbocycles. The molecule has 0 aromatic carbocycles. The minimum absolute atomic E-state index is 0.00829. The van der Waals surface area contributed by atoms with Crippen molar-refractivity contribution >= 4 is 17.4 Å². The first-order valence-corrected chi connectivity index (χ1v) is 6.81. The van der Waals surface area contributed by atoms with Crippen LogP contribution in [-0.4, -0.2) is 18.4 Å². The van der Waals surface area contributed by atoms with E-state index in [0.29, 0.717) is 30.6 Å². The third-order valence-electron chi connectivity index (χ3n) is 3.12. The van der Waals surface area contributed by atoms with Crippen molar-refractivity contribution < 1.29 is 18.7 Å². The Balaban J connectivity index is 2.29. The van der Waals surface area contributed by atoms with Gasteiger partial charge >= 0.3 is 11.6 Å². The first-order valence-electron chi connectivity index (χ1n) is 6.81. The summed E-state index contributed by atoms with van der Waals surface area (Å²) in [5, 5.41) is 11.4. The maximum Gasteiger partial charge on any atom is 0.359 e. The third-order valence-corrected chi connectivity index (χ3v) is 3.12. The van der Waals surface area contributed by atoms with E-state index < -0.39 is 11.6 Å². The highest BCUT2D eigenvalue weighted by atomic mass is 16.5. The topological polar surface area (TPSA) is 109 Å². The van der Waals surface area contributed by atoms with Gasteiger partial charge in [0.25, 0.3) is 0 Å². The van der Waals surface area contributed by atoms with Crippen LogP contribution in [-0.2, 0) is 16.0 Å². The third kappa shape index (κ3) is 3.23. The molecule has 1 aliphatic rings. The van der Waals surface area contributed by atoms with Crippen LogP contribution in [0.4, 0.5) is 5.69 Å². The highest BCUT2D eigenvalue weighted by molar-refractivity contribution is 5.98. The molecule has 114 valence electrons. The lowest BCUT2D eigenvalue weighted by molar-refractivity contribution is -0.138. The summed E-state index contributed by atoms with van der Waals surface area (Å²) in [5.41, 5.74) is -0.599. The molecule has 0 bridgehead atoms. The number of anilines is 1. The Morgan fingerprint density at radius 2 is 2.27 bits per heavy atom. The van der Waals surface area contributed by atoms with E-state index in [4.69, 9.17) is 14.4 Å². The predicted molar refractivity (Wildman–Crippen MR) is 76.2 cm³/mol. The average Bonchev–Trinajstić information content (AvgIpc) is 2.49. The van der Waals surface area contributed by atoms with Crippen LogP contribution >= 0.6 is 0 Å². The number of nitrogens with one attached hydrogen (secondary N) is 1. The van der Waals surface area contributed by atoms with Crippen molar-refractivity contribution in [3.63, 3.8) is 0 Å². The van der Waals surface area contributed by atoms with Crippen molar-refractivity contribution in [1.29, 1.82) is 5.26 Å². The monoisotopic (exact) mass is 302 g/mol. The molecule has 1 heterocycles. The second-order valence-electron chi connectivity index (χ2n) is 4.60. The number of aryl methyl sites for hydroxylation is 1. The molecular formula is C15H14N2O5. The number of carbonyl (C=O) groups excluding carboxylic acids is 2. The number of hydrogen-bond acceptors (Lipinski definition) is 7.